The summed E-state index contributed by atoms with van der Waals surface area (Å²) >= 11 is 1.49. The molecule has 1 N–H and O–H groups in total. The Morgan fingerprint density at radius 2 is 2.64 bits per heavy atom. The van der Waals surface area contributed by atoms with Gasteiger partial charge in [0.1, 0.15) is 0 Å². The minimum Gasteiger partial charge on any atom is -0.388 e. The molecule has 0 fully saturated rings. The zero-order valence-corrected chi connectivity index (χ0v) is 7.05. The lowest BCUT2D eigenvalue weighted by molar-refractivity contribution is 0.172. The van der Waals surface area contributed by atoms with Gasteiger partial charge in [0.2, 0.25) is 0 Å². The molecule has 0 aliphatic carbocycles. The van der Waals surface area contributed by atoms with Gasteiger partial charge in [-0.1, -0.05) is 6.08 Å². The van der Waals surface area contributed by atoms with Crippen molar-refractivity contribution in [3.63, 3.8) is 0 Å². The van der Waals surface area contributed by atoms with Crippen molar-refractivity contribution in [1.82, 2.24) is 4.98 Å². The number of allylic oxidation sites excluding steroid dienone is 1. The third-order valence-electron chi connectivity index (χ3n) is 1.42. The smallest absolute Gasteiger partial charge is 0.0901 e. The summed E-state index contributed by atoms with van der Waals surface area (Å²) in [6, 6.07) is 0. The van der Waals surface area contributed by atoms with Crippen molar-refractivity contribution in [2.45, 2.75) is 18.9 Å². The Balaban J connectivity index is 2.42. The van der Waals surface area contributed by atoms with Gasteiger partial charge < -0.3 is 5.11 Å². The summed E-state index contributed by atoms with van der Waals surface area (Å²) in [4.78, 5) is 4.82. The summed E-state index contributed by atoms with van der Waals surface area (Å²) in [6.45, 7) is 3.59. The third kappa shape index (κ3) is 2.44. The van der Waals surface area contributed by atoms with E-state index in [-0.39, 0.29) is 6.10 Å². The van der Waals surface area contributed by atoms with E-state index in [4.69, 9.17) is 0 Å². The van der Waals surface area contributed by atoms with E-state index < -0.39 is 0 Å². The Morgan fingerprint density at radius 1 is 1.82 bits per heavy atom. The van der Waals surface area contributed by atoms with Gasteiger partial charge in [-0.3, -0.25) is 4.98 Å². The Morgan fingerprint density at radius 3 is 3.18 bits per heavy atom. The van der Waals surface area contributed by atoms with E-state index in [0.29, 0.717) is 0 Å². The molecule has 0 aliphatic heterocycles. The van der Waals surface area contributed by atoms with E-state index in [1.807, 2.05) is 6.08 Å². The third-order valence-corrected chi connectivity index (χ3v) is 2.30. The molecule has 1 atom stereocenters. The molecule has 0 saturated heterocycles. The molecule has 1 aromatic rings. The predicted octanol–water partition coefficient (Wildman–Crippen LogP) is 2.14. The second-order valence-electron chi connectivity index (χ2n) is 2.29. The Labute approximate surface area is 70.2 Å². The topological polar surface area (TPSA) is 33.1 Å². The molecule has 1 heterocycles. The van der Waals surface area contributed by atoms with Gasteiger partial charge >= 0.3 is 0 Å². The van der Waals surface area contributed by atoms with Gasteiger partial charge in [-0.05, 0) is 12.8 Å². The highest BCUT2D eigenvalue weighted by atomic mass is 32.1. The number of thiazole rings is 1. The van der Waals surface area contributed by atoms with Gasteiger partial charge in [0.25, 0.3) is 0 Å². The monoisotopic (exact) mass is 169 g/mol. The Kier molecular flexibility index (Phi) is 3.26. The molecule has 0 spiro atoms. The summed E-state index contributed by atoms with van der Waals surface area (Å²) in [5, 5.41) is 9.46. The first-order valence-corrected chi connectivity index (χ1v) is 4.40. The van der Waals surface area contributed by atoms with Crippen LogP contribution in [0.3, 0.4) is 0 Å². The number of aliphatic hydroxyl groups excluding tert-OH is 1. The van der Waals surface area contributed by atoms with Crippen molar-refractivity contribution < 1.29 is 5.11 Å². The highest BCUT2D eigenvalue weighted by molar-refractivity contribution is 7.09. The Bertz CT molecular complexity index is 208. The molecular formula is C8H11NOS. The summed E-state index contributed by atoms with van der Waals surface area (Å²) in [7, 11) is 0. The van der Waals surface area contributed by atoms with Gasteiger partial charge in [-0.2, -0.15) is 0 Å². The first-order valence-electron chi connectivity index (χ1n) is 3.52. The summed E-state index contributed by atoms with van der Waals surface area (Å²) in [5.41, 5.74) is 1.73. The first kappa shape index (κ1) is 8.43. The molecular weight excluding hydrogens is 158 g/mol. The van der Waals surface area contributed by atoms with Crippen LogP contribution in [0.4, 0.5) is 0 Å². The molecule has 60 valence electrons. The number of hydrogen-bond donors (Lipinski definition) is 1. The lowest BCUT2D eigenvalue weighted by Crippen LogP contribution is -1.92. The summed E-state index contributed by atoms with van der Waals surface area (Å²) in [6.07, 6.45) is 4.74. The van der Waals surface area contributed by atoms with Crippen LogP contribution in [-0.4, -0.2) is 10.1 Å². The van der Waals surface area contributed by atoms with E-state index in [0.717, 1.165) is 17.7 Å². The van der Waals surface area contributed by atoms with Gasteiger partial charge in [0, 0.05) is 6.20 Å². The molecule has 3 heteroatoms. The quantitative estimate of drug-likeness (QED) is 0.700. The van der Waals surface area contributed by atoms with E-state index >= 15 is 0 Å². The van der Waals surface area contributed by atoms with Crippen LogP contribution < -0.4 is 0 Å². The zero-order valence-electron chi connectivity index (χ0n) is 6.23. The molecule has 2 nitrogen and oxygen atoms in total. The second kappa shape index (κ2) is 4.26. The average molecular weight is 169 g/mol. The number of hydrogen-bond acceptors (Lipinski definition) is 3. The Hall–Kier alpha value is -0.670. The predicted molar refractivity (Wildman–Crippen MR) is 46.5 cm³/mol. The van der Waals surface area contributed by atoms with Gasteiger partial charge in [0.05, 0.1) is 16.5 Å². The van der Waals surface area contributed by atoms with Crippen LogP contribution in [0.1, 0.15) is 23.8 Å². The van der Waals surface area contributed by atoms with E-state index in [2.05, 4.69) is 11.6 Å². The molecule has 11 heavy (non-hydrogen) atoms. The maximum absolute atomic E-state index is 9.46. The molecule has 0 bridgehead atoms. The molecule has 0 aromatic carbocycles. The van der Waals surface area contributed by atoms with E-state index in [1.165, 1.54) is 11.3 Å². The zero-order chi connectivity index (χ0) is 8.10. The molecule has 0 amide bonds. The number of rotatable bonds is 4. The van der Waals surface area contributed by atoms with Crippen LogP contribution in [0, 0.1) is 0 Å². The van der Waals surface area contributed by atoms with Crippen LogP contribution in [0.25, 0.3) is 0 Å². The van der Waals surface area contributed by atoms with Crippen molar-refractivity contribution in [3.8, 4) is 0 Å². The molecule has 0 aliphatic rings. The highest BCUT2D eigenvalue weighted by Gasteiger charge is 2.06. The van der Waals surface area contributed by atoms with Crippen LogP contribution >= 0.6 is 11.3 Å². The first-order chi connectivity index (χ1) is 5.34. The maximum atomic E-state index is 9.46. The molecule has 0 saturated carbocycles. The van der Waals surface area contributed by atoms with Crippen molar-refractivity contribution in [3.05, 3.63) is 29.2 Å². The van der Waals surface area contributed by atoms with Crippen LogP contribution in [0.2, 0.25) is 0 Å². The molecule has 1 aromatic heterocycles. The fraction of sp³-hybridized carbons (Fsp3) is 0.375. The SMILES string of the molecule is C=CCCC(O)c1cncs1. The van der Waals surface area contributed by atoms with E-state index in [1.54, 1.807) is 11.7 Å². The fourth-order valence-electron chi connectivity index (χ4n) is 0.808. The van der Waals surface area contributed by atoms with Crippen molar-refractivity contribution >= 4 is 11.3 Å². The van der Waals surface area contributed by atoms with Gasteiger partial charge in [-0.15, -0.1) is 17.9 Å². The standard InChI is InChI=1S/C8H11NOS/c1-2-3-4-7(10)8-5-9-6-11-8/h2,5-7,10H,1,3-4H2. The van der Waals surface area contributed by atoms with Crippen molar-refractivity contribution in [2.24, 2.45) is 0 Å². The molecule has 1 rings (SSSR count). The van der Waals surface area contributed by atoms with Crippen LogP contribution in [-0.2, 0) is 0 Å². The van der Waals surface area contributed by atoms with E-state index in [9.17, 15) is 5.11 Å². The number of nitrogens with zero attached hydrogens (tertiary/aromatic N) is 1. The second-order valence-corrected chi connectivity index (χ2v) is 3.20. The fourth-order valence-corrected chi connectivity index (χ4v) is 1.45. The summed E-state index contributed by atoms with van der Waals surface area (Å²) < 4.78 is 0. The van der Waals surface area contributed by atoms with Crippen molar-refractivity contribution in [2.75, 3.05) is 0 Å². The number of aliphatic hydroxyl groups is 1. The number of aromatic nitrogens is 1. The summed E-state index contributed by atoms with van der Waals surface area (Å²) in [5.74, 6) is 0. The van der Waals surface area contributed by atoms with Gasteiger partial charge in [0.15, 0.2) is 0 Å². The minimum absolute atomic E-state index is 0.361. The van der Waals surface area contributed by atoms with Crippen molar-refractivity contribution in [1.29, 1.82) is 0 Å². The molecule has 0 radical (unpaired) electrons. The van der Waals surface area contributed by atoms with Gasteiger partial charge in [-0.25, -0.2) is 0 Å². The lowest BCUT2D eigenvalue weighted by atomic mass is 10.2. The maximum Gasteiger partial charge on any atom is 0.0901 e. The normalized spacial score (nSPS) is 12.8. The lowest BCUT2D eigenvalue weighted by Gasteiger charge is -2.03. The average Bonchev–Trinajstić information content (AvgIpc) is 2.52. The molecule has 1 unspecified atom stereocenters. The van der Waals surface area contributed by atoms with Crippen LogP contribution in [0.15, 0.2) is 24.4 Å². The van der Waals surface area contributed by atoms with Crippen LogP contribution in [0.5, 0.6) is 0 Å². The largest absolute Gasteiger partial charge is 0.388 e. The minimum atomic E-state index is -0.361. The highest BCUT2D eigenvalue weighted by Crippen LogP contribution is 2.21.